The number of para-hydroxylation sites is 2. The maximum atomic E-state index is 12.9. The lowest BCUT2D eigenvalue weighted by atomic mass is 10.0. The first-order valence-corrected chi connectivity index (χ1v) is 8.76. The van der Waals surface area contributed by atoms with Crippen LogP contribution >= 0.6 is 0 Å². The third-order valence-electron chi connectivity index (χ3n) is 4.71. The quantitative estimate of drug-likeness (QED) is 0.724. The number of aromatic nitrogens is 2. The van der Waals surface area contributed by atoms with E-state index in [0.29, 0.717) is 18.1 Å². The lowest BCUT2D eigenvalue weighted by Gasteiger charge is -2.29. The van der Waals surface area contributed by atoms with E-state index < -0.39 is 0 Å². The molecule has 26 heavy (non-hydrogen) atoms. The Labute approximate surface area is 152 Å². The van der Waals surface area contributed by atoms with E-state index in [2.05, 4.69) is 16.3 Å². The number of fused-ring (bicyclic) bond motifs is 1. The van der Waals surface area contributed by atoms with Crippen LogP contribution in [0.3, 0.4) is 0 Å². The van der Waals surface area contributed by atoms with E-state index in [9.17, 15) is 4.79 Å². The molecule has 0 saturated carbocycles. The van der Waals surface area contributed by atoms with E-state index >= 15 is 0 Å². The minimum absolute atomic E-state index is 0.0986. The average Bonchev–Trinajstić information content (AvgIpc) is 2.73. The molecule has 2 heterocycles. The molecule has 0 aliphatic carbocycles. The van der Waals surface area contributed by atoms with Crippen LogP contribution in [-0.2, 0) is 6.42 Å². The van der Waals surface area contributed by atoms with Crippen molar-refractivity contribution >= 4 is 23.1 Å². The Morgan fingerprint density at radius 1 is 0.962 bits per heavy atom. The van der Waals surface area contributed by atoms with Gasteiger partial charge in [0.25, 0.3) is 5.91 Å². The summed E-state index contributed by atoms with van der Waals surface area (Å²) in [6, 6.07) is 21.6. The van der Waals surface area contributed by atoms with E-state index in [-0.39, 0.29) is 5.91 Å². The lowest BCUT2D eigenvalue weighted by molar-refractivity contribution is 0.0979. The maximum absolute atomic E-state index is 12.9. The molecule has 0 fully saturated rings. The van der Waals surface area contributed by atoms with Crippen molar-refractivity contribution < 1.29 is 4.79 Å². The summed E-state index contributed by atoms with van der Waals surface area (Å²) in [4.78, 5) is 16.7. The zero-order valence-electron chi connectivity index (χ0n) is 14.7. The van der Waals surface area contributed by atoms with Crippen LogP contribution in [0.5, 0.6) is 0 Å². The number of benzene rings is 2. The summed E-state index contributed by atoms with van der Waals surface area (Å²) in [5.41, 5.74) is 3.58. The van der Waals surface area contributed by atoms with E-state index in [1.807, 2.05) is 71.4 Å². The molecule has 1 aliphatic heterocycles. The Morgan fingerprint density at radius 3 is 2.50 bits per heavy atom. The Kier molecular flexibility index (Phi) is 4.35. The second-order valence-corrected chi connectivity index (χ2v) is 6.36. The molecule has 5 nitrogen and oxygen atoms in total. The fourth-order valence-corrected chi connectivity index (χ4v) is 3.28. The lowest BCUT2D eigenvalue weighted by Crippen LogP contribution is -2.36. The van der Waals surface area contributed by atoms with Gasteiger partial charge in [0.2, 0.25) is 0 Å². The van der Waals surface area contributed by atoms with Crippen molar-refractivity contribution in [2.24, 2.45) is 0 Å². The first-order chi connectivity index (χ1) is 12.7. The predicted octanol–water partition coefficient (Wildman–Crippen LogP) is 3.84. The van der Waals surface area contributed by atoms with Crippen LogP contribution in [-0.4, -0.2) is 29.7 Å². The Balaban J connectivity index is 1.57. The maximum Gasteiger partial charge on any atom is 0.278 e. The van der Waals surface area contributed by atoms with Crippen molar-refractivity contribution in [2.75, 3.05) is 23.4 Å². The highest BCUT2D eigenvalue weighted by Crippen LogP contribution is 2.28. The highest BCUT2D eigenvalue weighted by Gasteiger charge is 2.24. The summed E-state index contributed by atoms with van der Waals surface area (Å²) in [7, 11) is 1.93. The van der Waals surface area contributed by atoms with E-state index in [1.165, 1.54) is 5.56 Å². The second kappa shape index (κ2) is 6.96. The standard InChI is InChI=1S/C21H20N4O/c1-24(17-10-3-2-4-11-17)20-14-13-18(22-23-20)21(26)25-15-7-9-16-8-5-6-12-19(16)25/h2-6,8,10-14H,7,9,15H2,1H3. The smallest absolute Gasteiger partial charge is 0.278 e. The van der Waals surface area contributed by atoms with Crippen LogP contribution in [0.2, 0.25) is 0 Å². The molecule has 1 aromatic heterocycles. The number of nitrogens with zero attached hydrogens (tertiary/aromatic N) is 4. The van der Waals surface area contributed by atoms with Gasteiger partial charge < -0.3 is 9.80 Å². The van der Waals surface area contributed by atoms with Gasteiger partial charge in [0.15, 0.2) is 11.5 Å². The van der Waals surface area contributed by atoms with Crippen LogP contribution in [0, 0.1) is 0 Å². The summed E-state index contributed by atoms with van der Waals surface area (Å²) >= 11 is 0. The molecule has 0 saturated heterocycles. The van der Waals surface area contributed by atoms with Crippen LogP contribution in [0.4, 0.5) is 17.2 Å². The molecule has 0 radical (unpaired) electrons. The molecule has 0 atom stereocenters. The predicted molar refractivity (Wildman–Crippen MR) is 103 cm³/mol. The third-order valence-corrected chi connectivity index (χ3v) is 4.71. The van der Waals surface area contributed by atoms with Crippen molar-refractivity contribution in [2.45, 2.75) is 12.8 Å². The molecule has 2 aromatic carbocycles. The summed E-state index contributed by atoms with van der Waals surface area (Å²) in [6.07, 6.45) is 1.97. The topological polar surface area (TPSA) is 49.3 Å². The van der Waals surface area contributed by atoms with Crippen molar-refractivity contribution in [1.82, 2.24) is 10.2 Å². The third kappa shape index (κ3) is 3.04. The van der Waals surface area contributed by atoms with Gasteiger partial charge in [-0.05, 0) is 48.7 Å². The molecule has 1 aliphatic rings. The van der Waals surface area contributed by atoms with E-state index in [4.69, 9.17) is 0 Å². The molecule has 3 aromatic rings. The van der Waals surface area contributed by atoms with Crippen molar-refractivity contribution in [3.8, 4) is 0 Å². The zero-order chi connectivity index (χ0) is 17.9. The second-order valence-electron chi connectivity index (χ2n) is 6.36. The van der Waals surface area contributed by atoms with Gasteiger partial charge in [-0.3, -0.25) is 4.79 Å². The fourth-order valence-electron chi connectivity index (χ4n) is 3.28. The van der Waals surface area contributed by atoms with Gasteiger partial charge in [-0.1, -0.05) is 36.4 Å². The molecule has 0 bridgehead atoms. The average molecular weight is 344 g/mol. The molecule has 4 rings (SSSR count). The first-order valence-electron chi connectivity index (χ1n) is 8.76. The Morgan fingerprint density at radius 2 is 1.73 bits per heavy atom. The van der Waals surface area contributed by atoms with Gasteiger partial charge >= 0.3 is 0 Å². The molecule has 1 amide bonds. The SMILES string of the molecule is CN(c1ccccc1)c1ccc(C(=O)N2CCCc3ccccc32)nn1. The van der Waals surface area contributed by atoms with Gasteiger partial charge in [-0.2, -0.15) is 0 Å². The minimum Gasteiger partial charge on any atom is -0.328 e. The number of aryl methyl sites for hydroxylation is 1. The number of carbonyl (C=O) groups excluding carboxylic acids is 1. The van der Waals surface area contributed by atoms with Crippen molar-refractivity contribution in [3.63, 3.8) is 0 Å². The van der Waals surface area contributed by atoms with Gasteiger partial charge in [0.05, 0.1) is 0 Å². The molecule has 130 valence electrons. The largest absolute Gasteiger partial charge is 0.328 e. The number of hydrogen-bond acceptors (Lipinski definition) is 4. The van der Waals surface area contributed by atoms with Gasteiger partial charge in [-0.15, -0.1) is 10.2 Å². The van der Waals surface area contributed by atoms with Crippen LogP contribution in [0.15, 0.2) is 66.7 Å². The number of amides is 1. The molecule has 0 spiro atoms. The highest BCUT2D eigenvalue weighted by molar-refractivity contribution is 6.05. The molecule has 0 unspecified atom stereocenters. The van der Waals surface area contributed by atoms with Gasteiger partial charge in [0.1, 0.15) is 0 Å². The summed E-state index contributed by atoms with van der Waals surface area (Å²) < 4.78 is 0. The summed E-state index contributed by atoms with van der Waals surface area (Å²) in [5, 5.41) is 8.45. The van der Waals surface area contributed by atoms with E-state index in [0.717, 1.165) is 24.2 Å². The van der Waals surface area contributed by atoms with Crippen molar-refractivity contribution in [1.29, 1.82) is 0 Å². The number of carbonyl (C=O) groups is 1. The highest BCUT2D eigenvalue weighted by atomic mass is 16.2. The van der Waals surface area contributed by atoms with Gasteiger partial charge in [-0.25, -0.2) is 0 Å². The number of hydrogen-bond donors (Lipinski definition) is 0. The molecule has 0 N–H and O–H groups in total. The molecule has 5 heteroatoms. The van der Waals surface area contributed by atoms with Crippen LogP contribution in [0.25, 0.3) is 0 Å². The molecular formula is C21H20N4O. The Bertz CT molecular complexity index is 909. The Hall–Kier alpha value is -3.21. The first kappa shape index (κ1) is 16.3. The fraction of sp³-hybridized carbons (Fsp3) is 0.190. The zero-order valence-corrected chi connectivity index (χ0v) is 14.7. The van der Waals surface area contributed by atoms with Crippen LogP contribution < -0.4 is 9.80 Å². The molecular weight excluding hydrogens is 324 g/mol. The van der Waals surface area contributed by atoms with E-state index in [1.54, 1.807) is 6.07 Å². The monoisotopic (exact) mass is 344 g/mol. The normalized spacial score (nSPS) is 13.2. The van der Waals surface area contributed by atoms with Gasteiger partial charge in [0, 0.05) is 25.0 Å². The van der Waals surface area contributed by atoms with Crippen molar-refractivity contribution in [3.05, 3.63) is 78.0 Å². The summed E-state index contributed by atoms with van der Waals surface area (Å²) in [6.45, 7) is 0.712. The van der Waals surface area contributed by atoms with Crippen LogP contribution in [0.1, 0.15) is 22.5 Å². The summed E-state index contributed by atoms with van der Waals surface area (Å²) in [5.74, 6) is 0.602. The number of rotatable bonds is 3. The number of anilines is 3. The minimum atomic E-state index is -0.0986.